The second kappa shape index (κ2) is 17.1. The number of nitrogens with one attached hydrogen (secondary N) is 1. The molecule has 1 saturated carbocycles. The van der Waals surface area contributed by atoms with Gasteiger partial charge in [-0.05, 0) is 70.2 Å². The molecule has 3 saturated heterocycles. The van der Waals surface area contributed by atoms with E-state index >= 15 is 4.39 Å². The van der Waals surface area contributed by atoms with Gasteiger partial charge in [0.25, 0.3) is 0 Å². The van der Waals surface area contributed by atoms with Gasteiger partial charge in [-0.15, -0.1) is 11.3 Å². The van der Waals surface area contributed by atoms with Gasteiger partial charge >= 0.3 is 12.2 Å². The first-order chi connectivity index (χ1) is 26.0. The molecule has 4 aromatic rings. The summed E-state index contributed by atoms with van der Waals surface area (Å²) in [4.78, 5) is 22.2. The van der Waals surface area contributed by atoms with Crippen molar-refractivity contribution in [3.63, 3.8) is 0 Å². The molecule has 0 spiro atoms. The minimum absolute atomic E-state index is 0.0444. The van der Waals surface area contributed by atoms with Crippen LogP contribution in [0.1, 0.15) is 69.9 Å². The smallest absolute Gasteiger partial charge is 0.417 e. The van der Waals surface area contributed by atoms with Crippen molar-refractivity contribution in [3.05, 3.63) is 41.0 Å². The highest BCUT2D eigenvalue weighted by atomic mass is 32.1. The summed E-state index contributed by atoms with van der Waals surface area (Å²) in [5.74, 6) is -4.40. The van der Waals surface area contributed by atoms with Crippen molar-refractivity contribution >= 4 is 49.6 Å². The number of ether oxygens (including phenoxy) is 1. The highest BCUT2D eigenvalue weighted by Gasteiger charge is 2.43. The predicted octanol–water partition coefficient (Wildman–Crippen LogP) is 8.94. The molecule has 0 radical (unpaired) electrons. The number of thiophene rings is 1. The third-order valence-corrected chi connectivity index (χ3v) is 10.8. The van der Waals surface area contributed by atoms with Gasteiger partial charge in [0.15, 0.2) is 5.82 Å². The van der Waals surface area contributed by atoms with Crippen molar-refractivity contribution in [1.29, 1.82) is 5.26 Å². The van der Waals surface area contributed by atoms with Crippen molar-refractivity contribution < 1.29 is 44.7 Å². The maximum atomic E-state index is 15.9. The first-order valence-corrected chi connectivity index (χ1v) is 18.6. The molecule has 1 amide bonds. The van der Waals surface area contributed by atoms with E-state index in [0.717, 1.165) is 44.1 Å². The SMILES string of the molecule is CC1CCCN1C=O.CCNc1nc(OC)nc2c(F)c(-c3ccc(F)c4sc(N)c(C#N)c34)c(C(F)(F)F)cc12.FC1(F)CC1.FC1CC2CCCN2C1. The summed E-state index contributed by atoms with van der Waals surface area (Å²) in [5.41, 5.74) is 2.59. The van der Waals surface area contributed by atoms with Crippen molar-refractivity contribution in [3.8, 4) is 23.2 Å². The number of anilines is 2. The third kappa shape index (κ3) is 9.49. The zero-order valence-electron chi connectivity index (χ0n) is 30.4. The molecular weight excluding hydrogens is 759 g/mol. The normalized spacial score (nSPS) is 21.1. The van der Waals surface area contributed by atoms with Crippen LogP contribution in [0, 0.1) is 23.0 Å². The Kier molecular flexibility index (Phi) is 13.0. The van der Waals surface area contributed by atoms with E-state index in [-0.39, 0.29) is 62.8 Å². The number of carbonyl (C=O) groups excluding carboxylic acids is 1. The Hall–Kier alpha value is -4.50. The first-order valence-electron chi connectivity index (χ1n) is 17.8. The van der Waals surface area contributed by atoms with Gasteiger partial charge < -0.3 is 20.7 Å². The molecule has 2 aromatic heterocycles. The molecular formula is C37H41F8N7O2S. The van der Waals surface area contributed by atoms with E-state index in [4.69, 9.17) is 10.5 Å². The number of halogens is 8. The zero-order chi connectivity index (χ0) is 40.2. The quantitative estimate of drug-likeness (QED) is 0.152. The number of carbonyl (C=O) groups is 1. The molecule has 55 heavy (non-hydrogen) atoms. The van der Waals surface area contributed by atoms with Crippen LogP contribution in [0.15, 0.2) is 18.2 Å². The number of hydrogen-bond acceptors (Lipinski definition) is 9. The molecule has 0 bridgehead atoms. The summed E-state index contributed by atoms with van der Waals surface area (Å²) in [6.07, 6.45) is 1.35. The number of nitrogens with zero attached hydrogens (tertiary/aromatic N) is 5. The highest BCUT2D eigenvalue weighted by Crippen LogP contribution is 2.47. The summed E-state index contributed by atoms with van der Waals surface area (Å²) in [6.45, 7) is 6.88. The van der Waals surface area contributed by atoms with E-state index < -0.39 is 46.5 Å². The van der Waals surface area contributed by atoms with E-state index in [2.05, 4.69) is 27.1 Å². The molecule has 3 unspecified atom stereocenters. The van der Waals surface area contributed by atoms with Crippen molar-refractivity contribution in [2.45, 2.75) is 89.1 Å². The van der Waals surface area contributed by atoms with E-state index in [1.807, 2.05) is 4.90 Å². The Balaban J connectivity index is 0.000000209. The summed E-state index contributed by atoms with van der Waals surface area (Å²) in [7, 11) is 1.23. The van der Waals surface area contributed by atoms with E-state index in [1.165, 1.54) is 32.8 Å². The van der Waals surface area contributed by atoms with Crippen LogP contribution in [0.5, 0.6) is 6.01 Å². The number of benzene rings is 2. The van der Waals surface area contributed by atoms with Gasteiger partial charge in [-0.3, -0.25) is 9.69 Å². The number of nitrogens with two attached hydrogens (primary N) is 1. The fraction of sp³-hybridized carbons (Fsp3) is 0.514. The number of hydrogen-bond donors (Lipinski definition) is 2. The Bertz CT molecular complexity index is 2040. The molecule has 3 aliphatic heterocycles. The molecule has 4 fully saturated rings. The van der Waals surface area contributed by atoms with Crippen LogP contribution in [-0.2, 0) is 11.0 Å². The molecule has 3 atom stereocenters. The van der Waals surface area contributed by atoms with Gasteiger partial charge in [-0.2, -0.15) is 28.4 Å². The maximum Gasteiger partial charge on any atom is 0.417 e. The minimum Gasteiger partial charge on any atom is -0.467 e. The number of aromatic nitrogens is 2. The number of nitrogen functional groups attached to an aromatic ring is 1. The number of rotatable bonds is 5. The summed E-state index contributed by atoms with van der Waals surface area (Å²) < 4.78 is 112. The lowest BCUT2D eigenvalue weighted by Gasteiger charge is -2.18. The molecule has 9 nitrogen and oxygen atoms in total. The van der Waals surface area contributed by atoms with Crippen molar-refractivity contribution in [2.24, 2.45) is 0 Å². The van der Waals surface area contributed by atoms with E-state index in [1.54, 1.807) is 13.0 Å². The van der Waals surface area contributed by atoms with E-state index in [0.29, 0.717) is 30.0 Å². The van der Waals surface area contributed by atoms with Gasteiger partial charge in [0, 0.05) is 60.9 Å². The van der Waals surface area contributed by atoms with Crippen LogP contribution in [0.2, 0.25) is 0 Å². The second-order valence-electron chi connectivity index (χ2n) is 13.7. The minimum atomic E-state index is -5.00. The molecule has 4 aliphatic rings. The van der Waals surface area contributed by atoms with Gasteiger partial charge in [0.2, 0.25) is 12.3 Å². The average Bonchev–Trinajstić information content (AvgIpc) is 3.56. The first kappa shape index (κ1) is 41.7. The lowest BCUT2D eigenvalue weighted by atomic mass is 9.92. The Labute approximate surface area is 316 Å². The number of nitriles is 1. The standard InChI is InChI=1S/C21H14F5N5OS.C7H12FN.C6H11NO.C3H4F2/c1-3-29-19-9-6-11(21(24,25)26)14(15(23)16(9)30-20(31-19)32-2)8-4-5-12(22)17-13(8)10(7-27)18(28)33-17;8-6-4-7-2-1-3-9(7)5-6;1-6-3-2-4-7(6)5-8;4-3(5)1-2-3/h4-6H,3,28H2,1-2H3,(H,29,30,31);6-7H,1-5H2;5-6H,2-4H2,1H3;1-2H2. The zero-order valence-corrected chi connectivity index (χ0v) is 31.2. The second-order valence-corrected chi connectivity index (χ2v) is 14.7. The number of amides is 1. The topological polar surface area (TPSA) is 120 Å². The lowest BCUT2D eigenvalue weighted by Crippen LogP contribution is -2.24. The maximum absolute atomic E-state index is 15.9. The Morgan fingerprint density at radius 3 is 2.38 bits per heavy atom. The fourth-order valence-corrected chi connectivity index (χ4v) is 7.78. The monoisotopic (exact) mass is 799 g/mol. The number of methoxy groups -OCH3 is 1. The molecule has 18 heteroatoms. The van der Waals surface area contributed by atoms with Gasteiger partial charge in [0.05, 0.1) is 22.9 Å². The van der Waals surface area contributed by atoms with Crippen LogP contribution in [0.3, 0.4) is 0 Å². The number of alkyl halides is 6. The van der Waals surface area contributed by atoms with Crippen molar-refractivity contribution in [2.75, 3.05) is 44.3 Å². The lowest BCUT2D eigenvalue weighted by molar-refractivity contribution is -0.137. The van der Waals surface area contributed by atoms with Gasteiger partial charge in [-0.1, -0.05) is 6.07 Å². The van der Waals surface area contributed by atoms with E-state index in [9.17, 15) is 40.8 Å². The molecule has 298 valence electrons. The van der Waals surface area contributed by atoms with Gasteiger partial charge in [0.1, 0.15) is 34.4 Å². The van der Waals surface area contributed by atoms with Crippen molar-refractivity contribution in [1.82, 2.24) is 19.8 Å². The van der Waals surface area contributed by atoms with Crippen LogP contribution < -0.4 is 15.8 Å². The highest BCUT2D eigenvalue weighted by molar-refractivity contribution is 7.23. The molecule has 8 rings (SSSR count). The van der Waals surface area contributed by atoms with Crippen LogP contribution in [-0.4, -0.2) is 83.6 Å². The number of fused-ring (bicyclic) bond motifs is 3. The molecule has 5 heterocycles. The fourth-order valence-electron chi connectivity index (χ4n) is 6.83. The summed E-state index contributed by atoms with van der Waals surface area (Å²) in [6, 6.07) is 5.24. The summed E-state index contributed by atoms with van der Waals surface area (Å²) in [5, 5.41) is 11.8. The van der Waals surface area contributed by atoms with Crippen LogP contribution in [0.4, 0.5) is 45.9 Å². The molecule has 3 N–H and O–H groups in total. The largest absolute Gasteiger partial charge is 0.467 e. The van der Waals surface area contributed by atoms with Gasteiger partial charge in [-0.25, -0.2) is 22.0 Å². The number of likely N-dealkylation sites (tertiary alicyclic amines) is 1. The molecule has 2 aromatic carbocycles. The molecule has 1 aliphatic carbocycles. The third-order valence-electron chi connectivity index (χ3n) is 9.77. The van der Waals surface area contributed by atoms with Crippen LogP contribution in [0.25, 0.3) is 32.1 Å². The Morgan fingerprint density at radius 1 is 1.16 bits per heavy atom. The Morgan fingerprint density at radius 2 is 1.85 bits per heavy atom. The average molecular weight is 800 g/mol. The summed E-state index contributed by atoms with van der Waals surface area (Å²) >= 11 is 0.698. The van der Waals surface area contributed by atoms with Crippen LogP contribution >= 0.6 is 11.3 Å². The predicted molar refractivity (Wildman–Crippen MR) is 195 cm³/mol.